The molecule has 0 amide bonds. The molecule has 1 aromatic carbocycles. The highest BCUT2D eigenvalue weighted by Crippen LogP contribution is 2.36. The number of aryl methyl sites for hydroxylation is 1. The molecule has 4 heteroatoms. The predicted molar refractivity (Wildman–Crippen MR) is 91.5 cm³/mol. The molecule has 2 aromatic rings. The maximum absolute atomic E-state index is 11.7. The quantitative estimate of drug-likeness (QED) is 0.874. The number of rotatable bonds is 4. The molecule has 2 heterocycles. The number of benzene rings is 1. The van der Waals surface area contributed by atoms with Gasteiger partial charge >= 0.3 is 5.97 Å². The van der Waals surface area contributed by atoms with Crippen molar-refractivity contribution in [2.45, 2.75) is 37.5 Å². The van der Waals surface area contributed by atoms with Crippen LogP contribution in [0.2, 0.25) is 0 Å². The first kappa shape index (κ1) is 15.5. The van der Waals surface area contributed by atoms with Gasteiger partial charge in [-0.1, -0.05) is 24.3 Å². The van der Waals surface area contributed by atoms with Crippen LogP contribution in [0.1, 0.15) is 57.6 Å². The van der Waals surface area contributed by atoms with E-state index < -0.39 is 0 Å². The van der Waals surface area contributed by atoms with E-state index in [1.807, 2.05) is 6.07 Å². The SMILES string of the molecule is COC(=O)c1cc2c([nH]1)CCC2Cc1cccc(C2CCOC2)c1. The molecule has 2 unspecified atom stereocenters. The molecule has 1 aliphatic heterocycles. The van der Waals surface area contributed by atoms with Gasteiger partial charge in [0.25, 0.3) is 0 Å². The molecular formula is C20H23NO3. The second kappa shape index (κ2) is 6.44. The Balaban J connectivity index is 1.52. The molecule has 0 spiro atoms. The van der Waals surface area contributed by atoms with Crippen molar-refractivity contribution in [3.05, 3.63) is 58.4 Å². The maximum atomic E-state index is 11.7. The van der Waals surface area contributed by atoms with Crippen LogP contribution in [0.4, 0.5) is 0 Å². The Morgan fingerprint density at radius 1 is 1.33 bits per heavy atom. The zero-order chi connectivity index (χ0) is 16.5. The first-order valence-electron chi connectivity index (χ1n) is 8.71. The Bertz CT molecular complexity index is 743. The summed E-state index contributed by atoms with van der Waals surface area (Å²) in [6.07, 6.45) is 4.29. The third-order valence-corrected chi connectivity index (χ3v) is 5.36. The van der Waals surface area contributed by atoms with Crippen LogP contribution in [0.15, 0.2) is 30.3 Å². The van der Waals surface area contributed by atoms with Crippen molar-refractivity contribution < 1.29 is 14.3 Å². The minimum Gasteiger partial charge on any atom is -0.464 e. The van der Waals surface area contributed by atoms with Crippen molar-refractivity contribution in [2.75, 3.05) is 20.3 Å². The van der Waals surface area contributed by atoms with E-state index in [-0.39, 0.29) is 5.97 Å². The number of aromatic amines is 1. The van der Waals surface area contributed by atoms with Gasteiger partial charge in [-0.05, 0) is 54.4 Å². The highest BCUT2D eigenvalue weighted by Gasteiger charge is 2.27. The smallest absolute Gasteiger partial charge is 0.354 e. The number of hydrogen-bond acceptors (Lipinski definition) is 3. The summed E-state index contributed by atoms with van der Waals surface area (Å²) in [7, 11) is 1.42. The summed E-state index contributed by atoms with van der Waals surface area (Å²) < 4.78 is 10.3. The van der Waals surface area contributed by atoms with E-state index in [4.69, 9.17) is 9.47 Å². The van der Waals surface area contributed by atoms with Crippen molar-refractivity contribution in [3.8, 4) is 0 Å². The van der Waals surface area contributed by atoms with Gasteiger partial charge in [-0.25, -0.2) is 4.79 Å². The molecule has 4 rings (SSSR count). The van der Waals surface area contributed by atoms with Gasteiger partial charge in [0.1, 0.15) is 5.69 Å². The number of nitrogens with one attached hydrogen (secondary N) is 1. The number of H-pyrrole nitrogens is 1. The minimum atomic E-state index is -0.286. The standard InChI is InChI=1S/C20H23NO3/c1-23-20(22)19-11-17-15(5-6-18(17)21-19)10-13-3-2-4-14(9-13)16-7-8-24-12-16/h2-4,9,11,15-16,21H,5-8,10,12H2,1H3. The molecule has 1 aliphatic carbocycles. The van der Waals surface area contributed by atoms with Gasteiger partial charge in [0, 0.05) is 18.2 Å². The molecule has 1 fully saturated rings. The van der Waals surface area contributed by atoms with Crippen LogP contribution >= 0.6 is 0 Å². The third-order valence-electron chi connectivity index (χ3n) is 5.36. The lowest BCUT2D eigenvalue weighted by Gasteiger charge is -2.13. The van der Waals surface area contributed by atoms with Gasteiger partial charge in [-0.15, -0.1) is 0 Å². The van der Waals surface area contributed by atoms with E-state index in [0.29, 0.717) is 17.5 Å². The number of methoxy groups -OCH3 is 1. The van der Waals surface area contributed by atoms with E-state index in [2.05, 4.69) is 29.2 Å². The molecule has 2 aliphatic rings. The van der Waals surface area contributed by atoms with Gasteiger partial charge in [0.2, 0.25) is 0 Å². The molecule has 24 heavy (non-hydrogen) atoms. The van der Waals surface area contributed by atoms with E-state index in [1.165, 1.54) is 29.5 Å². The highest BCUT2D eigenvalue weighted by atomic mass is 16.5. The number of fused-ring (bicyclic) bond motifs is 1. The monoisotopic (exact) mass is 325 g/mol. The molecular weight excluding hydrogens is 302 g/mol. The van der Waals surface area contributed by atoms with Crippen LogP contribution in [-0.2, 0) is 22.3 Å². The second-order valence-electron chi connectivity index (χ2n) is 6.85. The van der Waals surface area contributed by atoms with Crippen LogP contribution in [-0.4, -0.2) is 31.3 Å². The van der Waals surface area contributed by atoms with E-state index >= 15 is 0 Å². The van der Waals surface area contributed by atoms with Crippen molar-refractivity contribution in [3.63, 3.8) is 0 Å². The topological polar surface area (TPSA) is 51.3 Å². The largest absolute Gasteiger partial charge is 0.464 e. The average molecular weight is 325 g/mol. The third kappa shape index (κ3) is 2.86. The molecule has 1 aromatic heterocycles. The molecule has 1 N–H and O–H groups in total. The number of carbonyl (C=O) groups excluding carboxylic acids is 1. The van der Waals surface area contributed by atoms with Crippen molar-refractivity contribution in [1.29, 1.82) is 0 Å². The Labute approximate surface area is 142 Å². The number of esters is 1. The van der Waals surface area contributed by atoms with E-state index in [0.717, 1.165) is 38.9 Å². The fourth-order valence-electron chi connectivity index (χ4n) is 4.05. The molecule has 0 saturated carbocycles. The summed E-state index contributed by atoms with van der Waals surface area (Å²) in [6, 6.07) is 10.9. The first-order chi connectivity index (χ1) is 11.7. The highest BCUT2D eigenvalue weighted by molar-refractivity contribution is 5.88. The van der Waals surface area contributed by atoms with Crippen LogP contribution in [0.5, 0.6) is 0 Å². The number of hydrogen-bond donors (Lipinski definition) is 1. The van der Waals surface area contributed by atoms with Gasteiger partial charge < -0.3 is 14.5 Å². The van der Waals surface area contributed by atoms with E-state index in [1.54, 1.807) is 0 Å². The van der Waals surface area contributed by atoms with Gasteiger partial charge in [-0.2, -0.15) is 0 Å². The fraction of sp³-hybridized carbons (Fsp3) is 0.450. The predicted octanol–water partition coefficient (Wildman–Crippen LogP) is 3.58. The zero-order valence-electron chi connectivity index (χ0n) is 14.0. The lowest BCUT2D eigenvalue weighted by atomic mass is 9.91. The molecule has 126 valence electrons. The number of aromatic nitrogens is 1. The molecule has 0 radical (unpaired) electrons. The Kier molecular flexibility index (Phi) is 4.15. The van der Waals surface area contributed by atoms with Crippen LogP contribution < -0.4 is 0 Å². The van der Waals surface area contributed by atoms with Crippen LogP contribution in [0, 0.1) is 0 Å². The molecule has 4 nitrogen and oxygen atoms in total. The van der Waals surface area contributed by atoms with Crippen LogP contribution in [0.3, 0.4) is 0 Å². The summed E-state index contributed by atoms with van der Waals surface area (Å²) in [6.45, 7) is 1.72. The van der Waals surface area contributed by atoms with Crippen LogP contribution in [0.25, 0.3) is 0 Å². The van der Waals surface area contributed by atoms with Crippen molar-refractivity contribution in [1.82, 2.24) is 4.98 Å². The van der Waals surface area contributed by atoms with Gasteiger partial charge in [0.05, 0.1) is 13.7 Å². The summed E-state index contributed by atoms with van der Waals surface area (Å²) in [5.74, 6) is 0.735. The van der Waals surface area contributed by atoms with Gasteiger partial charge in [0.15, 0.2) is 0 Å². The Morgan fingerprint density at radius 3 is 3.04 bits per heavy atom. The molecule has 1 saturated heterocycles. The second-order valence-corrected chi connectivity index (χ2v) is 6.85. The minimum absolute atomic E-state index is 0.286. The molecule has 0 bridgehead atoms. The first-order valence-corrected chi connectivity index (χ1v) is 8.71. The lowest BCUT2D eigenvalue weighted by molar-refractivity contribution is 0.0594. The summed E-state index contributed by atoms with van der Waals surface area (Å²) >= 11 is 0. The Hall–Kier alpha value is -2.07. The number of ether oxygens (including phenoxy) is 2. The Morgan fingerprint density at radius 2 is 2.25 bits per heavy atom. The summed E-state index contributed by atoms with van der Waals surface area (Å²) in [4.78, 5) is 14.9. The van der Waals surface area contributed by atoms with Crippen molar-refractivity contribution >= 4 is 5.97 Å². The summed E-state index contributed by atoms with van der Waals surface area (Å²) in [5.41, 5.74) is 5.82. The normalized spacial score (nSPS) is 22.5. The van der Waals surface area contributed by atoms with Gasteiger partial charge in [-0.3, -0.25) is 0 Å². The zero-order valence-corrected chi connectivity index (χ0v) is 14.0. The summed E-state index contributed by atoms with van der Waals surface area (Å²) in [5, 5.41) is 0. The average Bonchev–Trinajstić information content (AvgIpc) is 3.33. The van der Waals surface area contributed by atoms with Crippen molar-refractivity contribution in [2.24, 2.45) is 0 Å². The fourth-order valence-corrected chi connectivity index (χ4v) is 4.05. The molecule has 2 atom stereocenters. The van der Waals surface area contributed by atoms with E-state index in [9.17, 15) is 4.79 Å². The lowest BCUT2D eigenvalue weighted by Crippen LogP contribution is -2.03. The number of carbonyl (C=O) groups is 1. The maximum Gasteiger partial charge on any atom is 0.354 e.